The van der Waals surface area contributed by atoms with Crippen LogP contribution >= 0.6 is 0 Å². The van der Waals surface area contributed by atoms with Gasteiger partial charge in [0.15, 0.2) is 0 Å². The van der Waals surface area contributed by atoms with Gasteiger partial charge in [0.2, 0.25) is 5.91 Å². The first kappa shape index (κ1) is 17.6. The summed E-state index contributed by atoms with van der Waals surface area (Å²) in [6, 6.07) is 5.05. The predicted molar refractivity (Wildman–Crippen MR) is 83.5 cm³/mol. The predicted octanol–water partition coefficient (Wildman–Crippen LogP) is 4.56. The van der Waals surface area contributed by atoms with Crippen LogP contribution in [-0.4, -0.2) is 5.91 Å². The fourth-order valence-corrected chi connectivity index (χ4v) is 3.01. The molecule has 0 aliphatic heterocycles. The molecule has 2 rings (SSSR count). The van der Waals surface area contributed by atoms with Gasteiger partial charge in [0.25, 0.3) is 0 Å². The van der Waals surface area contributed by atoms with E-state index in [1.54, 1.807) is 6.07 Å². The first-order valence-electron chi connectivity index (χ1n) is 7.62. The fourth-order valence-electron chi connectivity index (χ4n) is 3.01. The molecule has 126 valence electrons. The van der Waals surface area contributed by atoms with Crippen molar-refractivity contribution in [1.82, 2.24) is 5.32 Å². The van der Waals surface area contributed by atoms with Crippen LogP contribution in [0.1, 0.15) is 38.8 Å². The minimum absolute atomic E-state index is 0.102. The zero-order chi connectivity index (χ0) is 17.4. The summed E-state index contributed by atoms with van der Waals surface area (Å²) in [5, 5.41) is 2.76. The van der Waals surface area contributed by atoms with Crippen molar-refractivity contribution in [3.63, 3.8) is 0 Å². The molecule has 5 heteroatoms. The molecule has 1 N–H and O–H groups in total. The highest BCUT2D eigenvalue weighted by Crippen LogP contribution is 2.59. The van der Waals surface area contributed by atoms with Gasteiger partial charge in [-0.25, -0.2) is 0 Å². The average Bonchev–Trinajstić information content (AvgIpc) is 2.96. The van der Waals surface area contributed by atoms with Gasteiger partial charge in [-0.3, -0.25) is 4.79 Å². The van der Waals surface area contributed by atoms with E-state index in [9.17, 15) is 18.0 Å². The van der Waals surface area contributed by atoms with E-state index in [1.165, 1.54) is 6.07 Å². The number of amides is 1. The van der Waals surface area contributed by atoms with Crippen LogP contribution in [0.2, 0.25) is 0 Å². The van der Waals surface area contributed by atoms with Gasteiger partial charge in [0, 0.05) is 6.54 Å². The van der Waals surface area contributed by atoms with Gasteiger partial charge in [0.1, 0.15) is 0 Å². The van der Waals surface area contributed by atoms with E-state index in [4.69, 9.17) is 0 Å². The van der Waals surface area contributed by atoms with Gasteiger partial charge >= 0.3 is 6.18 Å². The van der Waals surface area contributed by atoms with Crippen LogP contribution in [-0.2, 0) is 17.5 Å². The van der Waals surface area contributed by atoms with Crippen molar-refractivity contribution in [2.75, 3.05) is 0 Å². The Morgan fingerprint density at radius 3 is 2.52 bits per heavy atom. The van der Waals surface area contributed by atoms with Crippen molar-refractivity contribution < 1.29 is 18.0 Å². The molecule has 1 fully saturated rings. The molecule has 0 saturated heterocycles. The van der Waals surface area contributed by atoms with Gasteiger partial charge in [-0.15, -0.1) is 0 Å². The molecule has 0 radical (unpaired) electrons. The highest BCUT2D eigenvalue weighted by molar-refractivity contribution is 5.83. The molecule has 2 nitrogen and oxygen atoms in total. The summed E-state index contributed by atoms with van der Waals surface area (Å²) >= 11 is 0. The molecular formula is C18H22F3NO. The monoisotopic (exact) mass is 325 g/mol. The Balaban J connectivity index is 2.00. The van der Waals surface area contributed by atoms with Crippen LogP contribution in [0.25, 0.3) is 0 Å². The number of carbonyl (C=O) groups is 1. The van der Waals surface area contributed by atoms with Gasteiger partial charge in [-0.1, -0.05) is 37.6 Å². The topological polar surface area (TPSA) is 29.1 Å². The molecule has 2 unspecified atom stereocenters. The second kappa shape index (κ2) is 6.02. The molecule has 1 aromatic carbocycles. The summed E-state index contributed by atoms with van der Waals surface area (Å²) in [5.41, 5.74) is 0.815. The Morgan fingerprint density at radius 1 is 1.30 bits per heavy atom. The van der Waals surface area contributed by atoms with Crippen molar-refractivity contribution in [1.29, 1.82) is 0 Å². The number of allylic oxidation sites excluding steroid dienone is 2. The summed E-state index contributed by atoms with van der Waals surface area (Å²) in [6.07, 6.45) is -2.28. The number of alkyl halides is 3. The van der Waals surface area contributed by atoms with Crippen molar-refractivity contribution in [2.45, 2.75) is 40.4 Å². The van der Waals surface area contributed by atoms with E-state index < -0.39 is 11.7 Å². The third-order valence-corrected chi connectivity index (χ3v) is 4.43. The van der Waals surface area contributed by atoms with Crippen LogP contribution < -0.4 is 5.32 Å². The zero-order valence-electron chi connectivity index (χ0n) is 13.8. The maximum absolute atomic E-state index is 12.7. The molecule has 1 saturated carbocycles. The van der Waals surface area contributed by atoms with Crippen LogP contribution in [0, 0.1) is 17.3 Å². The van der Waals surface area contributed by atoms with Crippen molar-refractivity contribution in [3.8, 4) is 0 Å². The number of hydrogen-bond donors (Lipinski definition) is 1. The first-order valence-corrected chi connectivity index (χ1v) is 7.62. The molecular weight excluding hydrogens is 303 g/mol. The average molecular weight is 325 g/mol. The SMILES string of the molecule is CC(C)=CC1C(C(=O)NCc2cccc(C(F)(F)F)c2)C1(C)C. The summed E-state index contributed by atoms with van der Waals surface area (Å²) < 4.78 is 38.1. The first-order chi connectivity index (χ1) is 10.5. The Morgan fingerprint density at radius 2 is 1.96 bits per heavy atom. The fraction of sp³-hybridized carbons (Fsp3) is 0.500. The van der Waals surface area contributed by atoms with E-state index in [0.717, 1.165) is 17.7 Å². The summed E-state index contributed by atoms with van der Waals surface area (Å²) in [6.45, 7) is 8.16. The number of rotatable bonds is 4. The lowest BCUT2D eigenvalue weighted by Gasteiger charge is -2.10. The quantitative estimate of drug-likeness (QED) is 0.808. The number of benzene rings is 1. The van der Waals surface area contributed by atoms with Gasteiger partial charge in [-0.2, -0.15) is 13.2 Å². The standard InChI is InChI=1S/C18H22F3NO/c1-11(2)8-14-15(17(14,3)4)16(23)22-10-12-6-5-7-13(9-12)18(19,20)21/h5-9,14-15H,10H2,1-4H3,(H,22,23). The van der Waals surface area contributed by atoms with E-state index in [0.29, 0.717) is 5.56 Å². The van der Waals surface area contributed by atoms with Crippen molar-refractivity contribution in [2.24, 2.45) is 17.3 Å². The number of halogens is 3. The van der Waals surface area contributed by atoms with Crippen molar-refractivity contribution >= 4 is 5.91 Å². The molecule has 1 aliphatic rings. The van der Waals surface area contributed by atoms with Crippen LogP contribution in [0.3, 0.4) is 0 Å². The molecule has 1 aromatic rings. The summed E-state index contributed by atoms with van der Waals surface area (Å²) in [4.78, 5) is 12.3. The smallest absolute Gasteiger partial charge is 0.352 e. The summed E-state index contributed by atoms with van der Waals surface area (Å²) in [5.74, 6) is -0.0351. The molecule has 0 heterocycles. The minimum atomic E-state index is -4.37. The molecule has 0 bridgehead atoms. The molecule has 0 aromatic heterocycles. The second-order valence-corrected chi connectivity index (χ2v) is 6.98. The zero-order valence-corrected chi connectivity index (χ0v) is 13.8. The maximum Gasteiger partial charge on any atom is 0.416 e. The second-order valence-electron chi connectivity index (χ2n) is 6.98. The molecule has 0 spiro atoms. The number of nitrogens with one attached hydrogen (secondary N) is 1. The molecule has 1 aliphatic carbocycles. The van der Waals surface area contributed by atoms with Crippen LogP contribution in [0.5, 0.6) is 0 Å². The van der Waals surface area contributed by atoms with E-state index in [2.05, 4.69) is 11.4 Å². The van der Waals surface area contributed by atoms with E-state index >= 15 is 0 Å². The number of hydrogen-bond acceptors (Lipinski definition) is 1. The van der Waals surface area contributed by atoms with E-state index in [1.807, 2.05) is 27.7 Å². The Labute approximate surface area is 134 Å². The maximum atomic E-state index is 12.7. The molecule has 1 amide bonds. The third kappa shape index (κ3) is 3.95. The highest BCUT2D eigenvalue weighted by atomic mass is 19.4. The number of carbonyl (C=O) groups excluding carboxylic acids is 1. The van der Waals surface area contributed by atoms with Gasteiger partial charge in [-0.05, 0) is 42.9 Å². The van der Waals surface area contributed by atoms with Crippen LogP contribution in [0.15, 0.2) is 35.9 Å². The largest absolute Gasteiger partial charge is 0.416 e. The minimum Gasteiger partial charge on any atom is -0.352 e. The normalized spacial score (nSPS) is 22.4. The molecule has 2 atom stereocenters. The Kier molecular flexibility index (Phi) is 4.60. The Hall–Kier alpha value is -1.78. The van der Waals surface area contributed by atoms with Gasteiger partial charge in [0.05, 0.1) is 11.5 Å². The van der Waals surface area contributed by atoms with Gasteiger partial charge < -0.3 is 5.32 Å². The lowest BCUT2D eigenvalue weighted by molar-refractivity contribution is -0.137. The summed E-state index contributed by atoms with van der Waals surface area (Å²) in [7, 11) is 0. The third-order valence-electron chi connectivity index (χ3n) is 4.43. The lowest BCUT2D eigenvalue weighted by Crippen LogP contribution is -2.26. The van der Waals surface area contributed by atoms with E-state index in [-0.39, 0.29) is 29.7 Å². The lowest BCUT2D eigenvalue weighted by atomic mass is 10.1. The Bertz CT molecular complexity index is 627. The molecule has 23 heavy (non-hydrogen) atoms. The highest BCUT2D eigenvalue weighted by Gasteiger charge is 2.60. The van der Waals surface area contributed by atoms with Crippen LogP contribution in [0.4, 0.5) is 13.2 Å². The van der Waals surface area contributed by atoms with Crippen molar-refractivity contribution in [3.05, 3.63) is 47.0 Å².